The maximum atomic E-state index is 12.9. The molecule has 1 aromatic carbocycles. The molecule has 13 rings (SSSR count). The fourth-order valence-corrected chi connectivity index (χ4v) is 10.6. The molecule has 28 nitrogen and oxygen atoms in total. The van der Waals surface area contributed by atoms with E-state index in [1.807, 2.05) is 109 Å². The van der Waals surface area contributed by atoms with E-state index in [2.05, 4.69) is 46.6 Å². The van der Waals surface area contributed by atoms with Crippen molar-refractivity contribution in [2.75, 3.05) is 87.5 Å². The van der Waals surface area contributed by atoms with Gasteiger partial charge in [0.25, 0.3) is 5.91 Å². The van der Waals surface area contributed by atoms with Gasteiger partial charge in [0.05, 0.1) is 106 Å². The van der Waals surface area contributed by atoms with Crippen LogP contribution >= 0.6 is 0 Å². The number of aromatic nitrogens is 9. The molecule has 5 aromatic heterocycles. The summed E-state index contributed by atoms with van der Waals surface area (Å²) >= 11 is 0. The van der Waals surface area contributed by atoms with Gasteiger partial charge in [0.1, 0.15) is 22.7 Å². The molecule has 3 unspecified atom stereocenters. The van der Waals surface area contributed by atoms with Crippen LogP contribution in [-0.4, -0.2) is 172 Å². The molecule has 0 radical (unpaired) electrons. The first-order valence-electron chi connectivity index (χ1n) is 29.4. The highest BCUT2D eigenvalue weighted by Crippen LogP contribution is 2.25. The van der Waals surface area contributed by atoms with Crippen LogP contribution in [0.4, 0.5) is 32.9 Å². The smallest absolute Gasteiger partial charge is 0.410 e. The fourth-order valence-electron chi connectivity index (χ4n) is 10.6. The number of nitrogens with zero attached hydrogens (tertiary/aromatic N) is 11. The van der Waals surface area contributed by atoms with Gasteiger partial charge in [0.2, 0.25) is 17.7 Å². The topological polar surface area (TPSA) is 319 Å². The molecule has 12 heterocycles. The van der Waals surface area contributed by atoms with E-state index < -0.39 is 11.2 Å². The van der Waals surface area contributed by atoms with Gasteiger partial charge in [-0.2, -0.15) is 20.4 Å². The second kappa shape index (κ2) is 26.5. The van der Waals surface area contributed by atoms with Gasteiger partial charge in [-0.25, -0.2) is 9.59 Å². The molecule has 86 heavy (non-hydrogen) atoms. The van der Waals surface area contributed by atoms with E-state index in [0.717, 1.165) is 72.6 Å². The number of fused-ring (bicyclic) bond motifs is 5. The van der Waals surface area contributed by atoms with Crippen LogP contribution in [0.2, 0.25) is 0 Å². The molecule has 7 aliphatic heterocycles. The maximum absolute atomic E-state index is 12.9. The number of carbonyl (C=O) groups is 6. The van der Waals surface area contributed by atoms with Gasteiger partial charge in [0, 0.05) is 87.7 Å². The Morgan fingerprint density at radius 1 is 0.547 bits per heavy atom. The lowest BCUT2D eigenvalue weighted by Gasteiger charge is -2.30. The van der Waals surface area contributed by atoms with Crippen molar-refractivity contribution in [2.24, 2.45) is 17.8 Å². The summed E-state index contributed by atoms with van der Waals surface area (Å²) in [5.41, 5.74) is 10.0. The summed E-state index contributed by atoms with van der Waals surface area (Å²) in [7, 11) is 0. The number of nitrogens with two attached hydrogens (primary N) is 1. The Hall–Kier alpha value is -8.34. The average molecular weight is 1190 g/mol. The lowest BCUT2D eigenvalue weighted by Crippen LogP contribution is -2.41. The van der Waals surface area contributed by atoms with Gasteiger partial charge in [0.15, 0.2) is 17.5 Å². The Balaban J connectivity index is 0.000000130. The quantitative estimate of drug-likeness (QED) is 0.125. The summed E-state index contributed by atoms with van der Waals surface area (Å²) in [6, 6.07) is 17.1. The number of nitrogen functional groups attached to an aromatic ring is 1. The highest BCUT2D eigenvalue weighted by Gasteiger charge is 2.32. The summed E-state index contributed by atoms with van der Waals surface area (Å²) < 4.78 is 33.9. The number of H-pyrrole nitrogens is 1. The lowest BCUT2D eigenvalue weighted by atomic mass is 10.1. The molecule has 462 valence electrons. The average Bonchev–Trinajstić information content (AvgIpc) is 2.82. The van der Waals surface area contributed by atoms with Gasteiger partial charge < -0.3 is 70.4 Å². The van der Waals surface area contributed by atoms with Crippen LogP contribution in [0.3, 0.4) is 0 Å². The molecule has 0 saturated carbocycles. The first-order valence-corrected chi connectivity index (χ1v) is 29.4. The Bertz CT molecular complexity index is 3330. The Morgan fingerprint density at radius 2 is 0.977 bits per heavy atom. The molecule has 6 aromatic rings. The zero-order chi connectivity index (χ0) is 60.7. The first kappa shape index (κ1) is 60.8. The SMILES string of the molecule is CC(C)(C)OC(=O)N1CCn2nc(N)cc2C1.CC(C)(C)OC(=O)N1CCn2nc(NC(=O)C3CCOC3)cc2C1.O=C(Nc1cc2n(n1)CCN(C(=O)c1cc3ccccc3[nH]1)C2)C1CCOC1.O=C(Nc1cc2n(n1)CCNC2)C1CCOC1. The maximum Gasteiger partial charge on any atom is 0.410 e. The third kappa shape index (κ3) is 15.7. The van der Waals surface area contributed by atoms with E-state index in [-0.39, 0.29) is 53.6 Å². The van der Waals surface area contributed by atoms with E-state index >= 15 is 0 Å². The first-order chi connectivity index (χ1) is 41.2. The van der Waals surface area contributed by atoms with Crippen molar-refractivity contribution in [3.63, 3.8) is 0 Å². The minimum atomic E-state index is -0.517. The minimum Gasteiger partial charge on any atom is -0.444 e. The van der Waals surface area contributed by atoms with Gasteiger partial charge in [-0.3, -0.25) is 37.9 Å². The number of aromatic amines is 1. The molecular formula is C58H79N17O11. The predicted octanol–water partition coefficient (Wildman–Crippen LogP) is 4.78. The number of benzene rings is 1. The summed E-state index contributed by atoms with van der Waals surface area (Å²) in [5, 5.41) is 30.2. The number of para-hydroxylation sites is 1. The number of rotatable bonds is 7. The molecule has 7 aliphatic rings. The predicted molar refractivity (Wildman–Crippen MR) is 314 cm³/mol. The third-order valence-electron chi connectivity index (χ3n) is 15.1. The number of nitrogens with one attached hydrogen (secondary N) is 5. The van der Waals surface area contributed by atoms with Crippen LogP contribution in [0, 0.1) is 17.8 Å². The van der Waals surface area contributed by atoms with E-state index in [9.17, 15) is 28.8 Å². The van der Waals surface area contributed by atoms with Crippen molar-refractivity contribution in [2.45, 2.75) is 124 Å². The number of hydrogen-bond acceptors (Lipinski definition) is 17. The highest BCUT2D eigenvalue weighted by molar-refractivity contribution is 5.98. The number of hydrogen-bond donors (Lipinski definition) is 6. The van der Waals surface area contributed by atoms with Gasteiger partial charge in [-0.05, 0) is 72.9 Å². The lowest BCUT2D eigenvalue weighted by molar-refractivity contribution is -0.120. The van der Waals surface area contributed by atoms with Crippen molar-refractivity contribution in [3.8, 4) is 0 Å². The summed E-state index contributed by atoms with van der Waals surface area (Å²) in [4.78, 5) is 81.5. The molecule has 7 N–H and O–H groups in total. The Morgan fingerprint density at radius 3 is 1.43 bits per heavy atom. The number of amides is 6. The van der Waals surface area contributed by atoms with Crippen molar-refractivity contribution in [1.29, 1.82) is 0 Å². The van der Waals surface area contributed by atoms with Crippen molar-refractivity contribution < 1.29 is 52.5 Å². The minimum absolute atomic E-state index is 0.0194. The van der Waals surface area contributed by atoms with Crippen LogP contribution < -0.4 is 27.0 Å². The number of ether oxygens (including phenoxy) is 5. The summed E-state index contributed by atoms with van der Waals surface area (Å²) in [6.45, 7) is 22.0. The van der Waals surface area contributed by atoms with E-state index in [0.29, 0.717) is 128 Å². The normalized spacial score (nSPS) is 19.7. The molecule has 3 atom stereocenters. The van der Waals surface area contributed by atoms with Crippen LogP contribution in [0.15, 0.2) is 54.6 Å². The molecule has 0 aliphatic carbocycles. The van der Waals surface area contributed by atoms with Crippen molar-refractivity contribution in [3.05, 3.63) is 83.1 Å². The molecule has 3 fully saturated rings. The molecule has 3 saturated heterocycles. The largest absolute Gasteiger partial charge is 0.444 e. The second-order valence-electron chi connectivity index (χ2n) is 24.1. The Kier molecular flexibility index (Phi) is 18.7. The van der Waals surface area contributed by atoms with Gasteiger partial charge >= 0.3 is 12.2 Å². The van der Waals surface area contributed by atoms with E-state index in [4.69, 9.17) is 29.4 Å². The third-order valence-corrected chi connectivity index (χ3v) is 15.1. The molecule has 6 amide bonds. The molecular weight excluding hydrogens is 1110 g/mol. The summed E-state index contributed by atoms with van der Waals surface area (Å²) in [5.74, 6) is 1.83. The van der Waals surface area contributed by atoms with Crippen LogP contribution in [-0.2, 0) is 90.4 Å². The van der Waals surface area contributed by atoms with Gasteiger partial charge in [-0.15, -0.1) is 0 Å². The second-order valence-corrected chi connectivity index (χ2v) is 24.1. The highest BCUT2D eigenvalue weighted by atomic mass is 16.6. The van der Waals surface area contributed by atoms with E-state index in [1.165, 1.54) is 0 Å². The van der Waals surface area contributed by atoms with Crippen LogP contribution in [0.25, 0.3) is 10.9 Å². The van der Waals surface area contributed by atoms with Crippen LogP contribution in [0.1, 0.15) is 94.1 Å². The molecule has 0 bridgehead atoms. The van der Waals surface area contributed by atoms with Gasteiger partial charge in [-0.1, -0.05) is 18.2 Å². The van der Waals surface area contributed by atoms with Crippen molar-refractivity contribution in [1.82, 2.24) is 64.1 Å². The number of carbonyl (C=O) groups excluding carboxylic acids is 6. The zero-order valence-electron chi connectivity index (χ0n) is 49.8. The van der Waals surface area contributed by atoms with Crippen LogP contribution in [0.5, 0.6) is 0 Å². The standard InChI is InChI=1S/C20H21N5O3.C16H24N4O4.C11H16N4O2.C11H18N4O2/c26-19(14-5-8-28-12-14)22-18-10-15-11-24(6-7-25(15)23-18)20(27)17-9-13-3-1-2-4-16(13)21-17;1-16(2,3)24-15(22)19-5-6-20-12(9-19)8-13(18-20)17-14(21)11-4-7-23-10-11;16-11(8-1-4-17-7-8)13-10-5-9-6-12-2-3-15(9)14-10;1-11(2,3)17-10(16)14-4-5-15-8(7-14)6-9(12)13-15/h1-4,9-10,14,21H,5-8,11-12H2,(H,22,23,26);8,11H,4-7,9-10H2,1-3H3,(H,17,18,21);5,8,12H,1-4,6-7H2,(H,13,14,16);6H,4-5,7H2,1-3H3,(H2,12,13). The molecule has 0 spiro atoms. The zero-order valence-corrected chi connectivity index (χ0v) is 49.8. The molecule has 28 heteroatoms. The summed E-state index contributed by atoms with van der Waals surface area (Å²) in [6.07, 6.45) is 1.67. The number of anilines is 4. The van der Waals surface area contributed by atoms with Crippen molar-refractivity contribution >= 4 is 70.0 Å². The Labute approximate surface area is 497 Å². The van der Waals surface area contributed by atoms with E-state index in [1.54, 1.807) is 20.8 Å². The fraction of sp³-hybridized carbons (Fsp3) is 0.552. The monoisotopic (exact) mass is 1190 g/mol.